The summed E-state index contributed by atoms with van der Waals surface area (Å²) in [5, 5.41) is 10.2. The van der Waals surface area contributed by atoms with E-state index >= 15 is 0 Å². The van der Waals surface area contributed by atoms with Gasteiger partial charge >= 0.3 is 0 Å². The van der Waals surface area contributed by atoms with Gasteiger partial charge in [-0.25, -0.2) is 0 Å². The zero-order chi connectivity index (χ0) is 38.6. The molecule has 0 bridgehead atoms. The molecule has 8 rings (SSSR count). The SMILES string of the molecule is CN[C@@H](C(=O)N1CCC[C@H]1C(=O)Nc1ccc2[nH]c(-c3ccc(NC(=O)[C@@H]4CCCN4C(=O)[C@H]4CCN(Cc5ccccc5)C4)cc3)cc2c1)c1ccccc1. The number of aromatic amines is 1. The van der Waals surface area contributed by atoms with Crippen molar-refractivity contribution in [3.63, 3.8) is 0 Å². The van der Waals surface area contributed by atoms with Crippen LogP contribution in [0, 0.1) is 5.92 Å². The summed E-state index contributed by atoms with van der Waals surface area (Å²) in [6.07, 6.45) is 3.68. The highest BCUT2D eigenvalue weighted by Crippen LogP contribution is 2.30. The number of H-pyrrole nitrogens is 1. The molecule has 4 heterocycles. The highest BCUT2D eigenvalue weighted by Gasteiger charge is 2.40. The van der Waals surface area contributed by atoms with Gasteiger partial charge in [0.05, 0.1) is 5.92 Å². The molecule has 11 heteroatoms. The van der Waals surface area contributed by atoms with E-state index in [1.54, 1.807) is 16.8 Å². The average molecular weight is 752 g/mol. The van der Waals surface area contributed by atoms with Crippen LogP contribution < -0.4 is 16.0 Å². The summed E-state index contributed by atoms with van der Waals surface area (Å²) in [6.45, 7) is 3.59. The van der Waals surface area contributed by atoms with Crippen molar-refractivity contribution in [2.45, 2.75) is 56.8 Å². The second-order valence-electron chi connectivity index (χ2n) is 15.3. The molecule has 4 amide bonds. The Bertz CT molecular complexity index is 2190. The Hall–Kier alpha value is -5.78. The fourth-order valence-corrected chi connectivity index (χ4v) is 8.65. The van der Waals surface area contributed by atoms with Crippen molar-refractivity contribution in [1.82, 2.24) is 25.0 Å². The minimum atomic E-state index is -0.542. The third kappa shape index (κ3) is 7.96. The molecule has 4 N–H and O–H groups in total. The molecule has 0 radical (unpaired) electrons. The molecule has 3 fully saturated rings. The molecule has 11 nitrogen and oxygen atoms in total. The first kappa shape index (κ1) is 37.2. The zero-order valence-electron chi connectivity index (χ0n) is 31.7. The first-order chi connectivity index (χ1) is 27.3. The third-order valence-electron chi connectivity index (χ3n) is 11.6. The van der Waals surface area contributed by atoms with E-state index in [0.29, 0.717) is 37.3 Å². The van der Waals surface area contributed by atoms with Crippen LogP contribution in [0.15, 0.2) is 109 Å². The topological polar surface area (TPSA) is 130 Å². The van der Waals surface area contributed by atoms with Gasteiger partial charge in [0.15, 0.2) is 0 Å². The van der Waals surface area contributed by atoms with Crippen LogP contribution in [0.4, 0.5) is 11.4 Å². The van der Waals surface area contributed by atoms with Crippen molar-refractivity contribution in [1.29, 1.82) is 0 Å². The summed E-state index contributed by atoms with van der Waals surface area (Å²) >= 11 is 0. The maximum absolute atomic E-state index is 13.6. The van der Waals surface area contributed by atoms with E-state index in [1.165, 1.54) is 5.56 Å². The van der Waals surface area contributed by atoms with Crippen molar-refractivity contribution in [3.05, 3.63) is 120 Å². The minimum Gasteiger partial charge on any atom is -0.355 e. The number of nitrogens with one attached hydrogen (secondary N) is 4. The smallest absolute Gasteiger partial charge is 0.247 e. The monoisotopic (exact) mass is 751 g/mol. The van der Waals surface area contributed by atoms with Gasteiger partial charge in [0, 0.05) is 54.2 Å². The first-order valence-electron chi connectivity index (χ1n) is 19.8. The third-order valence-corrected chi connectivity index (χ3v) is 11.6. The van der Waals surface area contributed by atoms with Crippen LogP contribution in [0.25, 0.3) is 22.2 Å². The van der Waals surface area contributed by atoms with E-state index in [0.717, 1.165) is 66.6 Å². The van der Waals surface area contributed by atoms with Gasteiger partial charge in [-0.05, 0) is 98.8 Å². The van der Waals surface area contributed by atoms with Crippen molar-refractivity contribution < 1.29 is 19.2 Å². The second-order valence-corrected chi connectivity index (χ2v) is 15.3. The molecule has 4 aromatic carbocycles. The van der Waals surface area contributed by atoms with E-state index in [4.69, 9.17) is 0 Å². The standard InChI is InChI=1S/C45H49N7O4/c1-46-41(32-12-6-3-7-13-32)45(56)52-24-9-15-40(52)43(54)48-36-20-21-37-34(26-36)27-38(49-37)31-16-18-35(19-17-31)47-42(53)39-14-8-23-51(39)44(55)33-22-25-50(29-33)28-30-10-4-2-5-11-30/h2-7,10-13,16-21,26-27,33,39-41,46,49H,8-9,14-15,22-25,28-29H2,1H3,(H,47,53)(H,48,54)/t33-,39-,40-,41+/m0/s1. The number of likely N-dealkylation sites (tertiary alicyclic amines) is 3. The fourth-order valence-electron chi connectivity index (χ4n) is 8.65. The normalized spacial score (nSPS) is 20.3. The number of carbonyl (C=O) groups excluding carboxylic acids is 4. The lowest BCUT2D eigenvalue weighted by Gasteiger charge is -2.28. The number of carbonyl (C=O) groups is 4. The maximum atomic E-state index is 13.6. The molecule has 0 spiro atoms. The van der Waals surface area contributed by atoms with Crippen LogP contribution in [-0.2, 0) is 25.7 Å². The van der Waals surface area contributed by atoms with E-state index in [-0.39, 0.29) is 29.5 Å². The predicted octanol–water partition coefficient (Wildman–Crippen LogP) is 6.18. The van der Waals surface area contributed by atoms with E-state index < -0.39 is 18.1 Å². The number of fused-ring (bicyclic) bond motifs is 1. The van der Waals surface area contributed by atoms with E-state index in [1.807, 2.05) is 97.1 Å². The molecule has 4 atom stereocenters. The number of likely N-dealkylation sites (N-methyl/N-ethyl adjacent to an activating group) is 1. The van der Waals surface area contributed by atoms with Gasteiger partial charge in [0.1, 0.15) is 18.1 Å². The van der Waals surface area contributed by atoms with Crippen molar-refractivity contribution in [3.8, 4) is 11.3 Å². The summed E-state index contributed by atoms with van der Waals surface area (Å²) in [6, 6.07) is 33.8. The molecule has 288 valence electrons. The lowest BCUT2D eigenvalue weighted by Crippen LogP contribution is -2.47. The van der Waals surface area contributed by atoms with Crippen molar-refractivity contribution in [2.75, 3.05) is 43.9 Å². The lowest BCUT2D eigenvalue weighted by molar-refractivity contribution is -0.139. The Balaban J connectivity index is 0.868. The Kier molecular flexibility index (Phi) is 11.0. The quantitative estimate of drug-likeness (QED) is 0.128. The maximum Gasteiger partial charge on any atom is 0.247 e. The number of aromatic nitrogens is 1. The number of rotatable bonds is 11. The fraction of sp³-hybridized carbons (Fsp3) is 0.333. The van der Waals surface area contributed by atoms with E-state index in [9.17, 15) is 19.2 Å². The van der Waals surface area contributed by atoms with Gasteiger partial charge in [0.2, 0.25) is 23.6 Å². The lowest BCUT2D eigenvalue weighted by atomic mass is 10.1. The van der Waals surface area contributed by atoms with Gasteiger partial charge in [-0.3, -0.25) is 24.1 Å². The van der Waals surface area contributed by atoms with Crippen LogP contribution in [0.2, 0.25) is 0 Å². The molecular formula is C45H49N7O4. The van der Waals surface area contributed by atoms with Gasteiger partial charge < -0.3 is 30.7 Å². The molecule has 3 aliphatic heterocycles. The van der Waals surface area contributed by atoms with Crippen molar-refractivity contribution in [2.24, 2.45) is 5.92 Å². The number of anilines is 2. The number of nitrogens with zero attached hydrogens (tertiary/aromatic N) is 3. The van der Waals surface area contributed by atoms with E-state index in [2.05, 4.69) is 38.0 Å². The Morgan fingerprint density at radius 3 is 2.07 bits per heavy atom. The predicted molar refractivity (Wildman–Crippen MR) is 219 cm³/mol. The number of hydrogen-bond donors (Lipinski definition) is 4. The molecule has 3 saturated heterocycles. The van der Waals surface area contributed by atoms with Gasteiger partial charge in [0.25, 0.3) is 0 Å². The average Bonchev–Trinajstić information content (AvgIpc) is 4.06. The van der Waals surface area contributed by atoms with Crippen LogP contribution in [0.1, 0.15) is 49.3 Å². The van der Waals surface area contributed by atoms with Gasteiger partial charge in [-0.1, -0.05) is 72.8 Å². The Morgan fingerprint density at radius 2 is 1.36 bits per heavy atom. The molecule has 0 saturated carbocycles. The highest BCUT2D eigenvalue weighted by atomic mass is 16.2. The Morgan fingerprint density at radius 1 is 0.714 bits per heavy atom. The number of hydrogen-bond acceptors (Lipinski definition) is 6. The molecule has 5 aromatic rings. The number of benzene rings is 4. The van der Waals surface area contributed by atoms with Crippen molar-refractivity contribution >= 4 is 45.9 Å². The van der Waals surface area contributed by atoms with Crippen LogP contribution in [-0.4, -0.2) is 88.6 Å². The summed E-state index contributed by atoms with van der Waals surface area (Å²) in [7, 11) is 1.76. The van der Waals surface area contributed by atoms with Crippen LogP contribution in [0.5, 0.6) is 0 Å². The molecule has 1 aromatic heterocycles. The molecule has 0 aliphatic carbocycles. The zero-order valence-corrected chi connectivity index (χ0v) is 31.7. The molecule has 56 heavy (non-hydrogen) atoms. The number of amides is 4. The van der Waals surface area contributed by atoms with Crippen LogP contribution >= 0.6 is 0 Å². The largest absolute Gasteiger partial charge is 0.355 e. The summed E-state index contributed by atoms with van der Waals surface area (Å²) in [5.74, 6) is -0.437. The minimum absolute atomic E-state index is 0.0833. The molecule has 0 unspecified atom stereocenters. The Labute approximate surface area is 327 Å². The summed E-state index contributed by atoms with van der Waals surface area (Å²) in [4.78, 5) is 63.5. The second kappa shape index (κ2) is 16.5. The summed E-state index contributed by atoms with van der Waals surface area (Å²) in [5.41, 5.74) is 6.22. The van der Waals surface area contributed by atoms with Gasteiger partial charge in [-0.15, -0.1) is 0 Å². The van der Waals surface area contributed by atoms with Crippen LogP contribution in [0.3, 0.4) is 0 Å². The van der Waals surface area contributed by atoms with Gasteiger partial charge in [-0.2, -0.15) is 0 Å². The highest BCUT2D eigenvalue weighted by molar-refractivity contribution is 6.01. The molecule has 3 aliphatic rings. The molecular weight excluding hydrogens is 703 g/mol. The first-order valence-corrected chi connectivity index (χ1v) is 19.8. The summed E-state index contributed by atoms with van der Waals surface area (Å²) < 4.78 is 0.